The van der Waals surface area contributed by atoms with Gasteiger partial charge in [0.25, 0.3) is 0 Å². The van der Waals surface area contributed by atoms with E-state index >= 15 is 0 Å². The molecule has 1 aromatic carbocycles. The molecule has 0 aliphatic heterocycles. The van der Waals surface area contributed by atoms with Crippen LogP contribution in [0.2, 0.25) is 3.93 Å². The number of hydrogen-bond donors (Lipinski definition) is 1. The zero-order chi connectivity index (χ0) is 16.5. The number of benzene rings is 1. The molecule has 125 valence electrons. The Hall–Kier alpha value is -0.225. The maximum Gasteiger partial charge on any atom is 1.00 e. The molecule has 2 amide bonds. The summed E-state index contributed by atoms with van der Waals surface area (Å²) in [4.78, 5) is 24.3. The molecule has 0 radical (unpaired) electrons. The van der Waals surface area contributed by atoms with Crippen LogP contribution in [0.3, 0.4) is 0 Å². The fourth-order valence-corrected chi connectivity index (χ4v) is 3.22. The molecule has 3 N–H and O–H groups in total. The van der Waals surface area contributed by atoms with Crippen LogP contribution in [0.5, 0.6) is 5.75 Å². The number of para-hydroxylation sites is 1. The van der Waals surface area contributed by atoms with Gasteiger partial charge in [-0.3, -0.25) is 0 Å². The number of aliphatic hydroxyl groups is 1. The molecule has 0 fully saturated rings. The van der Waals surface area contributed by atoms with Crippen molar-refractivity contribution in [1.82, 2.24) is 4.90 Å². The molecule has 1 unspecified atom stereocenters. The molecular weight excluding hydrogens is 518 g/mol. The largest absolute Gasteiger partial charge is 1.00 e. The van der Waals surface area contributed by atoms with Crippen LogP contribution >= 0.6 is 0 Å². The Morgan fingerprint density at radius 2 is 2.00 bits per heavy atom. The second-order valence-corrected chi connectivity index (χ2v) is 6.63. The number of rotatable bonds is 8. The van der Waals surface area contributed by atoms with Gasteiger partial charge in [-0.2, -0.15) is 0 Å². The molecule has 0 saturated heterocycles. The van der Waals surface area contributed by atoms with E-state index in [0.717, 1.165) is 0 Å². The van der Waals surface area contributed by atoms with E-state index in [9.17, 15) is 14.7 Å². The molecule has 0 aliphatic rings. The fraction of sp³-hybridized carbons (Fsp3) is 0.429. The summed E-state index contributed by atoms with van der Waals surface area (Å²) in [5.41, 5.74) is 0.147. The minimum absolute atomic E-state index is 0. The maximum absolute atomic E-state index is 12.4. The third-order valence-corrected chi connectivity index (χ3v) is 5.46. The van der Waals surface area contributed by atoms with E-state index in [2.05, 4.69) is 0 Å². The first-order valence-corrected chi connectivity index (χ1v) is 10.6. The first-order chi connectivity index (χ1) is 10.5. The van der Waals surface area contributed by atoms with E-state index < -0.39 is 18.1 Å². The van der Waals surface area contributed by atoms with E-state index in [1.54, 1.807) is 18.2 Å². The van der Waals surface area contributed by atoms with Crippen LogP contribution in [0.15, 0.2) is 24.3 Å². The average Bonchev–Trinajstić information content (AvgIpc) is 2.54. The number of carbonyl (C=O) groups excluding carboxylic acids is 2. The van der Waals surface area contributed by atoms with Crippen molar-refractivity contribution in [2.45, 2.75) is 10.0 Å². The third kappa shape index (κ3) is 7.77. The minimum atomic E-state index is -1.59. The van der Waals surface area contributed by atoms with Crippen LogP contribution in [0.25, 0.3) is 0 Å². The van der Waals surface area contributed by atoms with Crippen LogP contribution in [0.4, 0.5) is 4.79 Å². The maximum atomic E-state index is 12.4. The van der Waals surface area contributed by atoms with E-state index in [4.69, 9.17) is 14.6 Å². The molecule has 1 aromatic rings. The Labute approximate surface area is 178 Å². The molecule has 0 bridgehead atoms. The standard InChI is InChI=1S/C14H18NO6.Hg.Na.H2O/c1-10(21-8-7-16)9-15(14(18)19)13(17)11-5-3-4-6-12(11)20-2;;;/h3-6,10,16H,1,7-9H2,2H3,(H,18,19);;;1H2/q;;+1;/p-1. The van der Waals surface area contributed by atoms with Crippen molar-refractivity contribution >= 4 is 12.0 Å². The Balaban J connectivity index is 0. The average molecular weight is 537 g/mol. The Morgan fingerprint density at radius 1 is 1.38 bits per heavy atom. The van der Waals surface area contributed by atoms with Crippen molar-refractivity contribution in [2.24, 2.45) is 0 Å². The zero-order valence-electron chi connectivity index (χ0n) is 13.9. The molecule has 1 rings (SSSR count). The summed E-state index contributed by atoms with van der Waals surface area (Å²) < 4.78 is 11.1. The van der Waals surface area contributed by atoms with E-state index in [-0.39, 0.29) is 60.4 Å². The van der Waals surface area contributed by atoms with Crippen molar-refractivity contribution in [2.75, 3.05) is 26.9 Å². The van der Waals surface area contributed by atoms with E-state index in [0.29, 0.717) is 40.7 Å². The zero-order valence-corrected chi connectivity index (χ0v) is 21.4. The minimum Gasteiger partial charge on any atom is -0.412 e. The van der Waals surface area contributed by atoms with Crippen molar-refractivity contribution < 1.29 is 90.4 Å². The van der Waals surface area contributed by atoms with Crippen LogP contribution in [-0.2, 0) is 30.9 Å². The molecule has 8 nitrogen and oxygen atoms in total. The van der Waals surface area contributed by atoms with Crippen LogP contribution in [0, 0.1) is 0 Å². The number of hydrogen-bond acceptors (Lipinski definition) is 6. The van der Waals surface area contributed by atoms with E-state index in [1.165, 1.54) is 13.2 Å². The molecule has 24 heavy (non-hydrogen) atoms. The van der Waals surface area contributed by atoms with Crippen molar-refractivity contribution in [3.63, 3.8) is 0 Å². The summed E-state index contributed by atoms with van der Waals surface area (Å²) in [5.74, 6) is -0.418. The van der Waals surface area contributed by atoms with Crippen molar-refractivity contribution in [1.29, 1.82) is 0 Å². The number of imide groups is 1. The van der Waals surface area contributed by atoms with Gasteiger partial charge in [0, 0.05) is 0 Å². The fourth-order valence-electron chi connectivity index (χ4n) is 1.86. The van der Waals surface area contributed by atoms with Crippen LogP contribution in [-0.4, -0.2) is 60.5 Å². The predicted molar refractivity (Wildman–Crippen MR) is 74.7 cm³/mol. The smallest absolute Gasteiger partial charge is 0.412 e. The number of ether oxygens (including phenoxy) is 2. The van der Waals surface area contributed by atoms with Crippen LogP contribution in [0.1, 0.15) is 10.4 Å². The number of methoxy groups -OCH3 is 1. The molecule has 0 aromatic heterocycles. The molecule has 0 aliphatic carbocycles. The van der Waals surface area contributed by atoms with Crippen LogP contribution < -0.4 is 39.4 Å². The number of carbonyl (C=O) groups is 2. The topological polar surface area (TPSA) is 131 Å². The van der Waals surface area contributed by atoms with Crippen molar-refractivity contribution in [3.8, 4) is 5.75 Å². The number of nitrogens with zero attached hydrogens (tertiary/aromatic N) is 1. The van der Waals surface area contributed by atoms with Gasteiger partial charge in [-0.1, -0.05) is 0 Å². The number of aliphatic hydroxyl groups excluding tert-OH is 1. The van der Waals surface area contributed by atoms with Gasteiger partial charge in [0.2, 0.25) is 0 Å². The van der Waals surface area contributed by atoms with Gasteiger partial charge < -0.3 is 5.48 Å². The number of carboxylic acid groups (broad SMARTS) is 1. The monoisotopic (exact) mass is 538 g/mol. The molecule has 0 saturated carbocycles. The summed E-state index contributed by atoms with van der Waals surface area (Å²) in [6, 6.07) is 6.38. The van der Waals surface area contributed by atoms with Gasteiger partial charge in [-0.05, 0) is 0 Å². The summed E-state index contributed by atoms with van der Waals surface area (Å²) >= 11 is 0.364. The Morgan fingerprint density at radius 3 is 2.50 bits per heavy atom. The summed E-state index contributed by atoms with van der Waals surface area (Å²) in [7, 11) is 1.41. The molecule has 10 heteroatoms. The van der Waals surface area contributed by atoms with Gasteiger partial charge >= 0.3 is 174 Å². The van der Waals surface area contributed by atoms with E-state index in [1.807, 2.05) is 0 Å². The second-order valence-electron chi connectivity index (χ2n) is 4.39. The van der Waals surface area contributed by atoms with Gasteiger partial charge in [-0.25, -0.2) is 0 Å². The summed E-state index contributed by atoms with van der Waals surface area (Å²) in [5, 5.41) is 20.1. The molecule has 1 atom stereocenters. The molecule has 0 heterocycles. The third-order valence-electron chi connectivity index (χ3n) is 2.96. The first kappa shape index (κ1) is 26.0. The summed E-state index contributed by atoms with van der Waals surface area (Å²) in [6.07, 6.45) is -2.01. The van der Waals surface area contributed by atoms with Gasteiger partial charge in [0.05, 0.1) is 0 Å². The summed E-state index contributed by atoms with van der Waals surface area (Å²) in [6.45, 7) is -0.176. The SMILES string of the molecule is COc1ccccc1C(=O)N(CC([CH2][Hg])OCCO)C(=O)[O-].O.[Na+]. The van der Waals surface area contributed by atoms with Gasteiger partial charge in [-0.15, -0.1) is 0 Å². The Bertz CT molecular complexity index is 518. The molecular formula is C14H19HgNNaO7. The second kappa shape index (κ2) is 14.0. The van der Waals surface area contributed by atoms with Gasteiger partial charge in [0.15, 0.2) is 0 Å². The number of amides is 2. The van der Waals surface area contributed by atoms with Gasteiger partial charge in [0.1, 0.15) is 0 Å². The normalized spacial score (nSPS) is 10.8. The Kier molecular flexibility index (Phi) is 15.2. The molecule has 0 spiro atoms. The first-order valence-electron chi connectivity index (χ1n) is 6.72. The quantitative estimate of drug-likeness (QED) is 0.337. The van der Waals surface area contributed by atoms with Crippen molar-refractivity contribution in [3.05, 3.63) is 29.8 Å². The predicted octanol–water partition coefficient (Wildman–Crippen LogP) is -4.00.